The molecule has 0 heterocycles. The smallest absolute Gasteiger partial charge is 0.0723 e. The van der Waals surface area contributed by atoms with Gasteiger partial charge in [0, 0.05) is 0 Å². The summed E-state index contributed by atoms with van der Waals surface area (Å²) in [4.78, 5) is 0. The quantitative estimate of drug-likeness (QED) is 0.316. The van der Waals surface area contributed by atoms with Gasteiger partial charge >= 0.3 is 0 Å². The first-order valence-corrected chi connectivity index (χ1v) is 7.58. The van der Waals surface area contributed by atoms with E-state index in [9.17, 15) is 5.11 Å². The van der Waals surface area contributed by atoms with Crippen LogP contribution < -0.4 is 0 Å². The maximum absolute atomic E-state index is 9.65. The van der Waals surface area contributed by atoms with Crippen LogP contribution in [0, 0.1) is 0 Å². The van der Waals surface area contributed by atoms with Crippen LogP contribution >= 0.6 is 0 Å². The highest BCUT2D eigenvalue weighted by Gasteiger charge is 1.96. The predicted octanol–water partition coefficient (Wildman–Crippen LogP) is 4.15. The summed E-state index contributed by atoms with van der Waals surface area (Å²) in [5.74, 6) is 0. The van der Waals surface area contributed by atoms with Crippen LogP contribution in [0.2, 0.25) is 0 Å². The van der Waals surface area contributed by atoms with Crippen LogP contribution in [0.1, 0.15) is 58.3 Å². The molecule has 0 aliphatic heterocycles. The minimum absolute atomic E-state index is 0.144. The van der Waals surface area contributed by atoms with E-state index in [4.69, 9.17) is 5.11 Å². The summed E-state index contributed by atoms with van der Waals surface area (Å²) < 4.78 is 0. The van der Waals surface area contributed by atoms with E-state index in [2.05, 4.69) is 13.0 Å². The molecule has 0 bridgehead atoms. The van der Waals surface area contributed by atoms with Crippen molar-refractivity contribution in [1.82, 2.24) is 0 Å². The molecule has 0 aromatic carbocycles. The fourth-order valence-corrected chi connectivity index (χ4v) is 1.78. The lowest BCUT2D eigenvalue weighted by Crippen LogP contribution is -2.00. The molecule has 2 N–H and O–H groups in total. The predicted molar refractivity (Wildman–Crippen MR) is 83.1 cm³/mol. The van der Waals surface area contributed by atoms with E-state index in [0.717, 1.165) is 32.1 Å². The standard InChI is InChI=1S/C17H30O2/c1-2-3-11-14-17(19)15-12-9-7-5-4-6-8-10-13-16-18/h7,9-10,12-13,15,17-19H,2-6,8,11,14,16H2,1H3/b9-7-,13-10-,15-12+. The molecule has 2 heteroatoms. The molecule has 0 aromatic heterocycles. The van der Waals surface area contributed by atoms with Gasteiger partial charge in [0.15, 0.2) is 0 Å². The van der Waals surface area contributed by atoms with Crippen molar-refractivity contribution in [1.29, 1.82) is 0 Å². The third-order valence-electron chi connectivity index (χ3n) is 2.95. The van der Waals surface area contributed by atoms with E-state index in [1.807, 2.05) is 24.3 Å². The van der Waals surface area contributed by atoms with Gasteiger partial charge in [-0.25, -0.2) is 0 Å². The molecule has 0 radical (unpaired) electrons. The Labute approximate surface area is 118 Å². The summed E-state index contributed by atoms with van der Waals surface area (Å²) in [6, 6.07) is 0. The molecular weight excluding hydrogens is 236 g/mol. The zero-order valence-corrected chi connectivity index (χ0v) is 12.3. The Kier molecular flexibility index (Phi) is 14.5. The maximum atomic E-state index is 9.65. The molecule has 0 aliphatic rings. The zero-order chi connectivity index (χ0) is 14.2. The summed E-state index contributed by atoms with van der Waals surface area (Å²) >= 11 is 0. The van der Waals surface area contributed by atoms with E-state index in [1.165, 1.54) is 19.3 Å². The highest BCUT2D eigenvalue weighted by molar-refractivity contribution is 5.04. The van der Waals surface area contributed by atoms with Crippen molar-refractivity contribution >= 4 is 0 Å². The lowest BCUT2D eigenvalue weighted by Gasteiger charge is -2.03. The Morgan fingerprint density at radius 3 is 2.32 bits per heavy atom. The number of aliphatic hydroxyl groups excluding tert-OH is 2. The SMILES string of the molecule is CCCCCC(O)/C=C/C=C\CCCC/C=C\CO. The van der Waals surface area contributed by atoms with Crippen molar-refractivity contribution in [2.75, 3.05) is 6.61 Å². The molecular formula is C17H30O2. The maximum Gasteiger partial charge on any atom is 0.0723 e. The first kappa shape index (κ1) is 18.1. The molecule has 0 aromatic rings. The number of hydrogen-bond acceptors (Lipinski definition) is 2. The molecule has 0 rings (SSSR count). The number of allylic oxidation sites excluding steroid dienone is 4. The number of unbranched alkanes of at least 4 members (excludes halogenated alkanes) is 5. The highest BCUT2D eigenvalue weighted by Crippen LogP contribution is 2.05. The second-order valence-electron chi connectivity index (χ2n) is 4.81. The van der Waals surface area contributed by atoms with Crippen LogP contribution in [0.15, 0.2) is 36.5 Å². The van der Waals surface area contributed by atoms with Gasteiger partial charge in [0.1, 0.15) is 0 Å². The number of rotatable bonds is 12. The minimum atomic E-state index is -0.292. The van der Waals surface area contributed by atoms with E-state index >= 15 is 0 Å². The average molecular weight is 266 g/mol. The molecule has 0 saturated carbocycles. The first-order valence-electron chi connectivity index (χ1n) is 7.58. The van der Waals surface area contributed by atoms with Gasteiger partial charge in [0.2, 0.25) is 0 Å². The molecule has 1 unspecified atom stereocenters. The lowest BCUT2D eigenvalue weighted by molar-refractivity contribution is 0.208. The minimum Gasteiger partial charge on any atom is -0.392 e. The lowest BCUT2D eigenvalue weighted by atomic mass is 10.1. The van der Waals surface area contributed by atoms with Gasteiger partial charge in [-0.3, -0.25) is 0 Å². The summed E-state index contributed by atoms with van der Waals surface area (Å²) in [6.45, 7) is 2.32. The molecule has 0 fully saturated rings. The molecule has 2 nitrogen and oxygen atoms in total. The average Bonchev–Trinajstić information content (AvgIpc) is 2.41. The Hall–Kier alpha value is -0.860. The number of aliphatic hydroxyl groups is 2. The van der Waals surface area contributed by atoms with E-state index < -0.39 is 0 Å². The third kappa shape index (κ3) is 15.1. The van der Waals surface area contributed by atoms with Gasteiger partial charge in [-0.2, -0.15) is 0 Å². The molecule has 0 spiro atoms. The zero-order valence-electron chi connectivity index (χ0n) is 12.3. The number of hydrogen-bond donors (Lipinski definition) is 2. The van der Waals surface area contributed by atoms with Crippen molar-refractivity contribution < 1.29 is 10.2 Å². The van der Waals surface area contributed by atoms with Gasteiger partial charge < -0.3 is 10.2 Å². The molecule has 0 saturated heterocycles. The fraction of sp³-hybridized carbons (Fsp3) is 0.647. The van der Waals surface area contributed by atoms with E-state index in [1.54, 1.807) is 6.08 Å². The van der Waals surface area contributed by atoms with Gasteiger partial charge in [0.05, 0.1) is 12.7 Å². The van der Waals surface area contributed by atoms with Gasteiger partial charge in [-0.05, 0) is 32.1 Å². The third-order valence-corrected chi connectivity index (χ3v) is 2.95. The summed E-state index contributed by atoms with van der Waals surface area (Å²) in [5.41, 5.74) is 0. The van der Waals surface area contributed by atoms with Gasteiger partial charge in [-0.1, -0.05) is 62.6 Å². The van der Waals surface area contributed by atoms with Gasteiger partial charge in [-0.15, -0.1) is 0 Å². The van der Waals surface area contributed by atoms with Crippen molar-refractivity contribution in [3.05, 3.63) is 36.5 Å². The monoisotopic (exact) mass is 266 g/mol. The van der Waals surface area contributed by atoms with E-state index in [0.29, 0.717) is 0 Å². The first-order chi connectivity index (χ1) is 9.31. The fourth-order valence-electron chi connectivity index (χ4n) is 1.78. The molecule has 0 amide bonds. The van der Waals surface area contributed by atoms with Crippen LogP contribution in [-0.4, -0.2) is 22.9 Å². The summed E-state index contributed by atoms with van der Waals surface area (Å²) in [6.07, 6.45) is 20.3. The van der Waals surface area contributed by atoms with Crippen molar-refractivity contribution in [2.45, 2.75) is 64.4 Å². The second kappa shape index (κ2) is 15.2. The Bertz CT molecular complexity index is 254. The van der Waals surface area contributed by atoms with Crippen LogP contribution in [0.5, 0.6) is 0 Å². The topological polar surface area (TPSA) is 40.5 Å². The Balaban J connectivity index is 3.43. The van der Waals surface area contributed by atoms with Crippen LogP contribution in [0.25, 0.3) is 0 Å². The Morgan fingerprint density at radius 2 is 1.63 bits per heavy atom. The Morgan fingerprint density at radius 1 is 0.895 bits per heavy atom. The van der Waals surface area contributed by atoms with Crippen LogP contribution in [0.3, 0.4) is 0 Å². The van der Waals surface area contributed by atoms with Crippen LogP contribution in [-0.2, 0) is 0 Å². The summed E-state index contributed by atoms with van der Waals surface area (Å²) in [5, 5.41) is 18.2. The van der Waals surface area contributed by atoms with Gasteiger partial charge in [0.25, 0.3) is 0 Å². The van der Waals surface area contributed by atoms with Crippen molar-refractivity contribution in [3.63, 3.8) is 0 Å². The molecule has 0 aliphatic carbocycles. The summed E-state index contributed by atoms with van der Waals surface area (Å²) in [7, 11) is 0. The van der Waals surface area contributed by atoms with Crippen molar-refractivity contribution in [2.24, 2.45) is 0 Å². The molecule has 1 atom stereocenters. The van der Waals surface area contributed by atoms with Crippen molar-refractivity contribution in [3.8, 4) is 0 Å². The largest absolute Gasteiger partial charge is 0.392 e. The normalized spacial score (nSPS) is 14.1. The molecule has 19 heavy (non-hydrogen) atoms. The van der Waals surface area contributed by atoms with E-state index in [-0.39, 0.29) is 12.7 Å². The second-order valence-corrected chi connectivity index (χ2v) is 4.81. The molecule has 110 valence electrons. The van der Waals surface area contributed by atoms with Crippen LogP contribution in [0.4, 0.5) is 0 Å². The highest BCUT2D eigenvalue weighted by atomic mass is 16.3.